The second-order valence-electron chi connectivity index (χ2n) is 3.68. The third-order valence-electron chi connectivity index (χ3n) is 2.81. The number of sulfonamides is 1. The number of fused-ring (bicyclic) bond motifs is 1. The van der Waals surface area contributed by atoms with E-state index in [1.165, 1.54) is 13.2 Å². The van der Waals surface area contributed by atoms with Gasteiger partial charge in [-0.05, 0) is 38.3 Å². The van der Waals surface area contributed by atoms with E-state index in [1.54, 1.807) is 0 Å². The Morgan fingerprint density at radius 3 is 2.73 bits per heavy atom. The highest BCUT2D eigenvalue weighted by Gasteiger charge is 2.25. The molecule has 0 radical (unpaired) electrons. The first-order valence-electron chi connectivity index (χ1n) is 4.92. The summed E-state index contributed by atoms with van der Waals surface area (Å²) in [5, 5.41) is 9.56. The number of rotatable bonds is 2. The lowest BCUT2D eigenvalue weighted by molar-refractivity contribution is 0.175. The molecule has 5 nitrogen and oxygen atoms in total. The molecule has 1 aromatic rings. The smallest absolute Gasteiger partial charge is 0.242 e. The van der Waals surface area contributed by atoms with Crippen molar-refractivity contribution in [3.05, 3.63) is 17.5 Å². The van der Waals surface area contributed by atoms with Gasteiger partial charge in [-0.15, -0.1) is 0 Å². The molecule has 0 aromatic carbocycles. The number of nitrogens with one attached hydrogen (secondary N) is 1. The minimum Gasteiger partial charge on any atom is -0.429 e. The van der Waals surface area contributed by atoms with Crippen molar-refractivity contribution >= 4 is 10.0 Å². The van der Waals surface area contributed by atoms with Crippen LogP contribution in [0.15, 0.2) is 11.1 Å². The predicted octanol–water partition coefficient (Wildman–Crippen LogP) is 0.512. The maximum atomic E-state index is 11.7. The van der Waals surface area contributed by atoms with Gasteiger partial charge in [-0.1, -0.05) is 0 Å². The van der Waals surface area contributed by atoms with Crippen LogP contribution >= 0.6 is 0 Å². The van der Waals surface area contributed by atoms with Crippen molar-refractivity contribution in [3.63, 3.8) is 0 Å². The van der Waals surface area contributed by atoms with E-state index in [0.717, 1.165) is 41.7 Å². The Hall–Kier alpha value is -1.01. The average Bonchev–Trinajstić information content (AvgIpc) is 2.58. The normalized spacial score (nSPS) is 16.3. The van der Waals surface area contributed by atoms with Gasteiger partial charge < -0.3 is 5.21 Å². The summed E-state index contributed by atoms with van der Waals surface area (Å²) in [4.78, 5) is 0.210. The fraction of sp³-hybridized carbons (Fsp3) is 0.556. The van der Waals surface area contributed by atoms with Crippen molar-refractivity contribution in [3.8, 4) is 0 Å². The third-order valence-corrected chi connectivity index (χ3v) is 4.28. The van der Waals surface area contributed by atoms with E-state index in [1.807, 2.05) is 0 Å². The van der Waals surface area contributed by atoms with Crippen molar-refractivity contribution < 1.29 is 13.6 Å². The zero-order valence-corrected chi connectivity index (χ0v) is 9.34. The van der Waals surface area contributed by atoms with E-state index in [4.69, 9.17) is 0 Å². The van der Waals surface area contributed by atoms with Crippen LogP contribution in [0.3, 0.4) is 0 Å². The van der Waals surface area contributed by atoms with Gasteiger partial charge in [-0.25, -0.2) is 13.1 Å². The van der Waals surface area contributed by atoms with Crippen LogP contribution in [0.1, 0.15) is 24.1 Å². The van der Waals surface area contributed by atoms with E-state index >= 15 is 0 Å². The SMILES string of the molecule is CNS(=O)(=O)c1cn(O)c2c1CCCC2. The van der Waals surface area contributed by atoms with Crippen LogP contribution in [0.25, 0.3) is 0 Å². The van der Waals surface area contributed by atoms with E-state index in [9.17, 15) is 13.6 Å². The van der Waals surface area contributed by atoms with Gasteiger partial charge in [0.25, 0.3) is 0 Å². The molecular formula is C9H14N2O3S. The molecule has 0 fully saturated rings. The predicted molar refractivity (Wildman–Crippen MR) is 54.5 cm³/mol. The van der Waals surface area contributed by atoms with Gasteiger partial charge in [0, 0.05) is 0 Å². The molecule has 1 aliphatic rings. The van der Waals surface area contributed by atoms with Crippen LogP contribution in [0.4, 0.5) is 0 Å². The van der Waals surface area contributed by atoms with E-state index in [-0.39, 0.29) is 4.90 Å². The van der Waals surface area contributed by atoms with Crippen LogP contribution < -0.4 is 4.72 Å². The van der Waals surface area contributed by atoms with Crippen molar-refractivity contribution in [1.29, 1.82) is 0 Å². The molecule has 0 atom stereocenters. The quantitative estimate of drug-likeness (QED) is 0.727. The molecule has 0 aliphatic heterocycles. The summed E-state index contributed by atoms with van der Waals surface area (Å²) in [5.74, 6) is 0. The molecule has 2 rings (SSSR count). The van der Waals surface area contributed by atoms with Gasteiger partial charge in [0.1, 0.15) is 4.90 Å². The van der Waals surface area contributed by atoms with Crippen LogP contribution in [0.2, 0.25) is 0 Å². The van der Waals surface area contributed by atoms with Gasteiger partial charge in [-0.2, -0.15) is 4.73 Å². The zero-order valence-electron chi connectivity index (χ0n) is 8.52. The van der Waals surface area contributed by atoms with Gasteiger partial charge in [0.2, 0.25) is 10.0 Å². The highest BCUT2D eigenvalue weighted by Crippen LogP contribution is 2.28. The van der Waals surface area contributed by atoms with Crippen LogP contribution in [0, 0.1) is 0 Å². The summed E-state index contributed by atoms with van der Waals surface area (Å²) in [5.41, 5.74) is 1.49. The van der Waals surface area contributed by atoms with Gasteiger partial charge in [0.05, 0.1) is 11.9 Å². The number of hydrogen-bond donors (Lipinski definition) is 2. The summed E-state index contributed by atoms with van der Waals surface area (Å²) < 4.78 is 26.5. The Morgan fingerprint density at radius 2 is 2.07 bits per heavy atom. The maximum absolute atomic E-state index is 11.7. The molecule has 0 saturated carbocycles. The molecule has 15 heavy (non-hydrogen) atoms. The molecule has 1 aromatic heterocycles. The van der Waals surface area contributed by atoms with Crippen molar-refractivity contribution in [2.75, 3.05) is 7.05 Å². The minimum absolute atomic E-state index is 0.210. The monoisotopic (exact) mass is 230 g/mol. The standard InChI is InChI=1S/C9H14N2O3S/c1-10-15(13,14)9-6-11(12)8-5-3-2-4-7(8)9/h6,10,12H,2-5H2,1H3. The minimum atomic E-state index is -3.45. The highest BCUT2D eigenvalue weighted by molar-refractivity contribution is 7.89. The second kappa shape index (κ2) is 3.53. The number of aromatic nitrogens is 1. The second-order valence-corrected chi connectivity index (χ2v) is 5.53. The van der Waals surface area contributed by atoms with Gasteiger partial charge >= 0.3 is 0 Å². The summed E-state index contributed by atoms with van der Waals surface area (Å²) in [7, 11) is -2.08. The first-order chi connectivity index (χ1) is 7.06. The first-order valence-corrected chi connectivity index (χ1v) is 6.40. The van der Waals surface area contributed by atoms with E-state index in [0.29, 0.717) is 0 Å². The molecule has 2 N–H and O–H groups in total. The molecule has 0 unspecified atom stereocenters. The Balaban J connectivity index is 2.59. The lowest BCUT2D eigenvalue weighted by Crippen LogP contribution is -2.20. The summed E-state index contributed by atoms with van der Waals surface area (Å²) in [6.45, 7) is 0. The third kappa shape index (κ3) is 1.63. The molecule has 6 heteroatoms. The molecular weight excluding hydrogens is 216 g/mol. The van der Waals surface area contributed by atoms with Crippen LogP contribution in [0.5, 0.6) is 0 Å². The molecule has 0 amide bonds. The van der Waals surface area contributed by atoms with E-state index < -0.39 is 10.0 Å². The Labute approximate surface area is 88.7 Å². The molecule has 84 valence electrons. The van der Waals surface area contributed by atoms with Crippen molar-refractivity contribution in [2.45, 2.75) is 30.6 Å². The molecule has 1 heterocycles. The first kappa shape index (κ1) is 10.5. The lowest BCUT2D eigenvalue weighted by atomic mass is 9.98. The molecule has 1 aliphatic carbocycles. The number of hydrogen-bond acceptors (Lipinski definition) is 3. The number of nitrogens with zero attached hydrogens (tertiary/aromatic N) is 1. The zero-order chi connectivity index (χ0) is 11.1. The largest absolute Gasteiger partial charge is 0.429 e. The van der Waals surface area contributed by atoms with Crippen LogP contribution in [-0.2, 0) is 22.9 Å². The average molecular weight is 230 g/mol. The molecule has 0 bridgehead atoms. The van der Waals surface area contributed by atoms with Crippen molar-refractivity contribution in [2.24, 2.45) is 0 Å². The Kier molecular flexibility index (Phi) is 2.47. The fourth-order valence-electron chi connectivity index (χ4n) is 2.02. The molecule has 0 spiro atoms. The van der Waals surface area contributed by atoms with Crippen LogP contribution in [-0.4, -0.2) is 25.4 Å². The maximum Gasteiger partial charge on any atom is 0.242 e. The summed E-state index contributed by atoms with van der Waals surface area (Å²) in [6.07, 6.45) is 4.71. The Bertz CT molecular complexity index is 476. The lowest BCUT2D eigenvalue weighted by Gasteiger charge is -2.13. The topological polar surface area (TPSA) is 71.3 Å². The highest BCUT2D eigenvalue weighted by atomic mass is 32.2. The molecule has 0 saturated heterocycles. The van der Waals surface area contributed by atoms with E-state index in [2.05, 4.69) is 4.72 Å². The van der Waals surface area contributed by atoms with Gasteiger partial charge in [-0.3, -0.25) is 0 Å². The Morgan fingerprint density at radius 1 is 1.40 bits per heavy atom. The summed E-state index contributed by atoms with van der Waals surface area (Å²) in [6, 6.07) is 0. The fourth-order valence-corrected chi connectivity index (χ4v) is 3.02. The van der Waals surface area contributed by atoms with Crippen molar-refractivity contribution in [1.82, 2.24) is 9.45 Å². The van der Waals surface area contributed by atoms with Gasteiger partial charge in [0.15, 0.2) is 0 Å². The summed E-state index contributed by atoms with van der Waals surface area (Å²) >= 11 is 0.